The molecule has 1 aromatic heterocycles. The second kappa shape index (κ2) is 12.6. The second-order valence-corrected chi connectivity index (χ2v) is 10.5. The molecule has 2 saturated heterocycles. The molecule has 202 valence electrons. The Hall–Kier alpha value is -3.51. The molecule has 2 aromatic carbocycles. The van der Waals surface area contributed by atoms with Crippen LogP contribution in [0, 0.1) is 23.1 Å². The van der Waals surface area contributed by atoms with Gasteiger partial charge in [-0.25, -0.2) is 4.39 Å². The Morgan fingerprint density at radius 2 is 2.10 bits per heavy atom. The van der Waals surface area contributed by atoms with Gasteiger partial charge in [0.1, 0.15) is 11.9 Å². The first-order valence-corrected chi connectivity index (χ1v) is 13.7. The molecule has 0 spiro atoms. The van der Waals surface area contributed by atoms with Crippen molar-refractivity contribution >= 4 is 45.5 Å². The quantitative estimate of drug-likeness (QED) is 0.326. The number of piperidine rings is 1. The van der Waals surface area contributed by atoms with E-state index in [0.717, 1.165) is 44.6 Å². The maximum atomic E-state index is 13.7. The molecule has 0 unspecified atom stereocenters. The Kier molecular flexibility index (Phi) is 8.72. The fourth-order valence-corrected chi connectivity index (χ4v) is 5.37. The number of fused-ring (bicyclic) bond motifs is 1. The molecule has 0 saturated carbocycles. The Labute approximate surface area is 232 Å². The highest BCUT2D eigenvalue weighted by atomic mass is 35.5. The minimum atomic E-state index is -0.527. The van der Waals surface area contributed by atoms with Gasteiger partial charge in [0, 0.05) is 48.8 Å². The van der Waals surface area contributed by atoms with E-state index in [0.29, 0.717) is 46.1 Å². The smallest absolute Gasteiger partial charge is 0.248 e. The monoisotopic (exact) mass is 547 g/mol. The van der Waals surface area contributed by atoms with E-state index in [4.69, 9.17) is 16.3 Å². The number of hydrogen-bond acceptors (Lipinski definition) is 6. The maximum absolute atomic E-state index is 13.7. The molecule has 2 aliphatic rings. The van der Waals surface area contributed by atoms with E-state index in [1.807, 2.05) is 18.2 Å². The summed E-state index contributed by atoms with van der Waals surface area (Å²) in [5.41, 5.74) is 3.67. The number of halogens is 2. The molecule has 5 rings (SSSR count). The van der Waals surface area contributed by atoms with Crippen LogP contribution in [0.1, 0.15) is 36.8 Å². The third-order valence-electron chi connectivity index (χ3n) is 7.27. The van der Waals surface area contributed by atoms with Gasteiger partial charge in [0.25, 0.3) is 0 Å². The van der Waals surface area contributed by atoms with E-state index in [2.05, 4.69) is 26.6 Å². The number of carbonyl (C=O) groups is 1. The molecule has 3 aromatic rings. The molecule has 7 nitrogen and oxygen atoms in total. The van der Waals surface area contributed by atoms with Crippen molar-refractivity contribution in [3.63, 3.8) is 0 Å². The van der Waals surface area contributed by atoms with Gasteiger partial charge >= 0.3 is 0 Å². The van der Waals surface area contributed by atoms with Gasteiger partial charge in [-0.15, -0.1) is 0 Å². The van der Waals surface area contributed by atoms with Crippen molar-refractivity contribution in [3.05, 3.63) is 70.6 Å². The first kappa shape index (κ1) is 27.1. The van der Waals surface area contributed by atoms with Crippen LogP contribution < -0.4 is 10.6 Å². The van der Waals surface area contributed by atoms with Crippen molar-refractivity contribution in [2.75, 3.05) is 43.5 Å². The van der Waals surface area contributed by atoms with Crippen molar-refractivity contribution in [1.82, 2.24) is 9.88 Å². The minimum absolute atomic E-state index is 0.0257. The lowest BCUT2D eigenvalue weighted by atomic mass is 9.95. The molecule has 0 aliphatic carbocycles. The highest BCUT2D eigenvalue weighted by molar-refractivity contribution is 6.31. The normalized spacial score (nSPS) is 17.9. The number of nitriles is 1. The predicted molar refractivity (Wildman–Crippen MR) is 152 cm³/mol. The van der Waals surface area contributed by atoms with Crippen LogP contribution >= 0.6 is 11.6 Å². The third kappa shape index (κ3) is 6.74. The third-order valence-corrected chi connectivity index (χ3v) is 7.56. The number of pyridine rings is 1. The zero-order valence-electron chi connectivity index (χ0n) is 21.7. The lowest BCUT2D eigenvalue weighted by Gasteiger charge is -2.24. The summed E-state index contributed by atoms with van der Waals surface area (Å²) in [7, 11) is 0. The lowest BCUT2D eigenvalue weighted by molar-refractivity contribution is -0.111. The van der Waals surface area contributed by atoms with Crippen molar-refractivity contribution in [3.8, 4) is 6.07 Å². The first-order valence-electron chi connectivity index (χ1n) is 13.4. The van der Waals surface area contributed by atoms with Crippen LogP contribution in [0.15, 0.2) is 48.7 Å². The predicted octanol–water partition coefficient (Wildman–Crippen LogP) is 6.20. The fourth-order valence-electron chi connectivity index (χ4n) is 5.19. The van der Waals surface area contributed by atoms with Crippen LogP contribution in [0.2, 0.25) is 5.02 Å². The molecule has 0 radical (unpaired) electrons. The second-order valence-electron chi connectivity index (χ2n) is 10.1. The number of hydrogen-bond donors (Lipinski definition) is 2. The summed E-state index contributed by atoms with van der Waals surface area (Å²) in [5.74, 6) is -0.384. The summed E-state index contributed by atoms with van der Waals surface area (Å²) in [6.07, 6.45) is 10.4. The van der Waals surface area contributed by atoms with E-state index in [9.17, 15) is 14.4 Å². The Balaban J connectivity index is 1.47. The van der Waals surface area contributed by atoms with Crippen LogP contribution in [0.3, 0.4) is 0 Å². The van der Waals surface area contributed by atoms with Crippen molar-refractivity contribution in [1.29, 1.82) is 5.26 Å². The summed E-state index contributed by atoms with van der Waals surface area (Å²) in [5, 5.41) is 16.7. The molecule has 2 N–H and O–H groups in total. The van der Waals surface area contributed by atoms with E-state index in [-0.39, 0.29) is 10.9 Å². The summed E-state index contributed by atoms with van der Waals surface area (Å²) < 4.78 is 19.3. The molecule has 39 heavy (non-hydrogen) atoms. The number of amides is 1. The zero-order chi connectivity index (χ0) is 27.2. The number of nitrogens with zero attached hydrogens (tertiary/aromatic N) is 3. The fraction of sp³-hybridized carbons (Fsp3) is 0.367. The zero-order valence-corrected chi connectivity index (χ0v) is 22.4. The number of rotatable bonds is 8. The Bertz CT molecular complexity index is 1430. The summed E-state index contributed by atoms with van der Waals surface area (Å²) in [4.78, 5) is 19.9. The van der Waals surface area contributed by atoms with Crippen LogP contribution in [-0.4, -0.2) is 48.6 Å². The molecule has 0 bridgehead atoms. The van der Waals surface area contributed by atoms with Crippen LogP contribution in [0.5, 0.6) is 0 Å². The largest absolute Gasteiger partial charge is 0.381 e. The standard InChI is InChI=1S/C30H31ClFN5O2/c31-25-15-23(6-7-26(25)32)35-30-22(17-33)18-34-28-14-21(13-20-8-12-39-19-20)27(16-24(28)30)36-29(38)5-4-11-37-9-2-1-3-10-37/h4-7,14-16,18,20H,1-3,8-13,19H2,(H,34,35)(H,36,38)/b5-4+/t20-/m1/s1. The van der Waals surface area contributed by atoms with Gasteiger partial charge < -0.3 is 15.4 Å². The van der Waals surface area contributed by atoms with E-state index in [1.54, 1.807) is 12.1 Å². The van der Waals surface area contributed by atoms with Gasteiger partial charge in [0.2, 0.25) is 5.91 Å². The number of nitrogens with one attached hydrogen (secondary N) is 2. The first-order chi connectivity index (χ1) is 19.0. The maximum Gasteiger partial charge on any atom is 0.248 e. The topological polar surface area (TPSA) is 90.3 Å². The van der Waals surface area contributed by atoms with Crippen LogP contribution in [-0.2, 0) is 16.0 Å². The Morgan fingerprint density at radius 1 is 1.26 bits per heavy atom. The highest BCUT2D eigenvalue weighted by Gasteiger charge is 2.20. The molecule has 3 heterocycles. The van der Waals surface area contributed by atoms with E-state index in [1.165, 1.54) is 37.6 Å². The molecule has 2 aliphatic heterocycles. The summed E-state index contributed by atoms with van der Waals surface area (Å²) >= 11 is 5.99. The number of anilines is 3. The van der Waals surface area contributed by atoms with Crippen molar-refractivity contribution in [2.24, 2.45) is 5.92 Å². The molecular formula is C30H31ClFN5O2. The molecular weight excluding hydrogens is 517 g/mol. The number of carbonyl (C=O) groups excluding carboxylic acids is 1. The number of aromatic nitrogens is 1. The van der Waals surface area contributed by atoms with Gasteiger partial charge in [-0.2, -0.15) is 5.26 Å². The average molecular weight is 548 g/mol. The Morgan fingerprint density at radius 3 is 2.85 bits per heavy atom. The van der Waals surface area contributed by atoms with Gasteiger partial charge in [0.05, 0.1) is 21.8 Å². The van der Waals surface area contributed by atoms with Crippen LogP contribution in [0.25, 0.3) is 10.9 Å². The molecule has 2 fully saturated rings. The van der Waals surface area contributed by atoms with E-state index >= 15 is 0 Å². The number of ether oxygens (including phenoxy) is 1. The van der Waals surface area contributed by atoms with Gasteiger partial charge in [-0.3, -0.25) is 14.7 Å². The van der Waals surface area contributed by atoms with Crippen molar-refractivity contribution < 1.29 is 13.9 Å². The highest BCUT2D eigenvalue weighted by Crippen LogP contribution is 2.35. The molecule has 1 amide bonds. The average Bonchev–Trinajstić information content (AvgIpc) is 3.45. The van der Waals surface area contributed by atoms with Gasteiger partial charge in [0.15, 0.2) is 0 Å². The summed E-state index contributed by atoms with van der Waals surface area (Å²) in [6, 6.07) is 10.3. The van der Waals surface area contributed by atoms with Crippen molar-refractivity contribution in [2.45, 2.75) is 32.1 Å². The number of benzene rings is 2. The van der Waals surface area contributed by atoms with Crippen LogP contribution in [0.4, 0.5) is 21.5 Å². The lowest BCUT2D eigenvalue weighted by Crippen LogP contribution is -2.29. The number of likely N-dealkylation sites (tertiary alicyclic amines) is 1. The van der Waals surface area contributed by atoms with E-state index < -0.39 is 5.82 Å². The molecule has 9 heteroatoms. The SMILES string of the molecule is N#Cc1cnc2cc(C[C@H]3CCOC3)c(NC(=O)/C=C/CN3CCCCC3)cc2c1Nc1ccc(F)c(Cl)c1. The van der Waals surface area contributed by atoms with Gasteiger partial charge in [-0.1, -0.05) is 24.1 Å². The molecule has 1 atom stereocenters. The summed E-state index contributed by atoms with van der Waals surface area (Å²) in [6.45, 7) is 4.29. The van der Waals surface area contributed by atoms with Gasteiger partial charge in [-0.05, 0) is 80.6 Å². The minimum Gasteiger partial charge on any atom is -0.381 e.